The zero-order chi connectivity index (χ0) is 9.97. The van der Waals surface area contributed by atoms with Crippen molar-refractivity contribution in [2.75, 3.05) is 0 Å². The van der Waals surface area contributed by atoms with Crippen LogP contribution in [0, 0.1) is 6.92 Å². The summed E-state index contributed by atoms with van der Waals surface area (Å²) in [7, 11) is 0. The summed E-state index contributed by atoms with van der Waals surface area (Å²) in [5.74, 6) is 0.591. The van der Waals surface area contributed by atoms with E-state index in [-0.39, 0.29) is 0 Å². The number of rotatable bonds is 2. The Morgan fingerprint density at radius 3 is 2.57 bits per heavy atom. The minimum atomic E-state index is -0.662. The average molecular weight is 188 g/mol. The lowest BCUT2D eigenvalue weighted by atomic mass is 10.1. The highest BCUT2D eigenvalue weighted by atomic mass is 16.3. The lowest BCUT2D eigenvalue weighted by Crippen LogP contribution is -2.01. The van der Waals surface area contributed by atoms with E-state index in [1.807, 2.05) is 37.3 Å². The van der Waals surface area contributed by atoms with Gasteiger partial charge in [0.05, 0.1) is 0 Å². The molecule has 1 aromatic heterocycles. The molecule has 1 heterocycles. The molecule has 2 N–H and O–H groups in total. The highest BCUT2D eigenvalue weighted by Gasteiger charge is 2.12. The number of hydrogen-bond acceptors (Lipinski definition) is 2. The first-order valence-corrected chi connectivity index (χ1v) is 4.52. The van der Waals surface area contributed by atoms with Gasteiger partial charge in [-0.1, -0.05) is 30.3 Å². The maximum Gasteiger partial charge on any atom is 0.139 e. The summed E-state index contributed by atoms with van der Waals surface area (Å²) in [6.45, 7) is 1.91. The van der Waals surface area contributed by atoms with Gasteiger partial charge in [-0.05, 0) is 12.5 Å². The maximum atomic E-state index is 9.91. The first-order valence-electron chi connectivity index (χ1n) is 4.52. The minimum absolute atomic E-state index is 0.591. The van der Waals surface area contributed by atoms with Crippen LogP contribution < -0.4 is 0 Å². The third-order valence-corrected chi connectivity index (χ3v) is 2.10. The van der Waals surface area contributed by atoms with Crippen LogP contribution in [-0.4, -0.2) is 15.1 Å². The SMILES string of the molecule is Cc1cnc(C(O)c2ccccc2)[nH]1. The molecular formula is C11H12N2O. The van der Waals surface area contributed by atoms with Crippen molar-refractivity contribution in [2.24, 2.45) is 0 Å². The van der Waals surface area contributed by atoms with Crippen molar-refractivity contribution < 1.29 is 5.11 Å². The fourth-order valence-corrected chi connectivity index (χ4v) is 1.37. The van der Waals surface area contributed by atoms with E-state index in [0.717, 1.165) is 11.3 Å². The smallest absolute Gasteiger partial charge is 0.139 e. The molecule has 3 nitrogen and oxygen atoms in total. The Balaban J connectivity index is 2.29. The third kappa shape index (κ3) is 1.67. The zero-order valence-electron chi connectivity index (χ0n) is 7.94. The quantitative estimate of drug-likeness (QED) is 0.755. The first-order chi connectivity index (χ1) is 6.77. The molecule has 0 radical (unpaired) electrons. The van der Waals surface area contributed by atoms with Gasteiger partial charge in [-0.15, -0.1) is 0 Å². The maximum absolute atomic E-state index is 9.91. The van der Waals surface area contributed by atoms with E-state index in [1.54, 1.807) is 6.20 Å². The zero-order valence-corrected chi connectivity index (χ0v) is 7.94. The van der Waals surface area contributed by atoms with Crippen LogP contribution >= 0.6 is 0 Å². The minimum Gasteiger partial charge on any atom is -0.380 e. The van der Waals surface area contributed by atoms with Gasteiger partial charge in [0.1, 0.15) is 11.9 Å². The number of aromatic amines is 1. The van der Waals surface area contributed by atoms with Crippen LogP contribution in [-0.2, 0) is 0 Å². The lowest BCUT2D eigenvalue weighted by Gasteiger charge is -2.06. The van der Waals surface area contributed by atoms with Crippen molar-refractivity contribution in [3.8, 4) is 0 Å². The molecule has 3 heteroatoms. The van der Waals surface area contributed by atoms with E-state index in [2.05, 4.69) is 9.97 Å². The van der Waals surface area contributed by atoms with E-state index < -0.39 is 6.10 Å². The van der Waals surface area contributed by atoms with Crippen molar-refractivity contribution >= 4 is 0 Å². The fourth-order valence-electron chi connectivity index (χ4n) is 1.37. The summed E-state index contributed by atoms with van der Waals surface area (Å²) in [5.41, 5.74) is 1.80. The second kappa shape index (κ2) is 3.64. The molecule has 0 saturated heterocycles. The van der Waals surface area contributed by atoms with E-state index in [4.69, 9.17) is 0 Å². The molecule has 0 bridgehead atoms. The molecule has 2 aromatic rings. The van der Waals surface area contributed by atoms with Crippen molar-refractivity contribution in [3.63, 3.8) is 0 Å². The second-order valence-electron chi connectivity index (χ2n) is 3.26. The summed E-state index contributed by atoms with van der Waals surface area (Å²) in [5, 5.41) is 9.91. The van der Waals surface area contributed by atoms with E-state index in [9.17, 15) is 5.11 Å². The molecule has 1 atom stereocenters. The number of nitrogens with zero attached hydrogens (tertiary/aromatic N) is 1. The van der Waals surface area contributed by atoms with E-state index >= 15 is 0 Å². The normalized spacial score (nSPS) is 12.7. The van der Waals surface area contributed by atoms with Gasteiger partial charge in [0.2, 0.25) is 0 Å². The van der Waals surface area contributed by atoms with Crippen molar-refractivity contribution in [2.45, 2.75) is 13.0 Å². The molecule has 0 spiro atoms. The van der Waals surface area contributed by atoms with Crippen molar-refractivity contribution in [1.82, 2.24) is 9.97 Å². The van der Waals surface area contributed by atoms with Crippen molar-refractivity contribution in [3.05, 3.63) is 53.6 Å². The molecule has 0 aliphatic carbocycles. The van der Waals surface area contributed by atoms with Gasteiger partial charge < -0.3 is 10.1 Å². The second-order valence-corrected chi connectivity index (χ2v) is 3.26. The van der Waals surface area contributed by atoms with Gasteiger partial charge >= 0.3 is 0 Å². The highest BCUT2D eigenvalue weighted by Crippen LogP contribution is 2.18. The van der Waals surface area contributed by atoms with Crippen LogP contribution in [0.2, 0.25) is 0 Å². The van der Waals surface area contributed by atoms with Gasteiger partial charge in [-0.2, -0.15) is 0 Å². The number of aliphatic hydroxyl groups excluding tert-OH is 1. The summed E-state index contributed by atoms with van der Waals surface area (Å²) < 4.78 is 0. The van der Waals surface area contributed by atoms with Crippen LogP contribution in [0.15, 0.2) is 36.5 Å². The van der Waals surface area contributed by atoms with Crippen LogP contribution in [0.1, 0.15) is 23.2 Å². The Morgan fingerprint density at radius 2 is 2.00 bits per heavy atom. The molecule has 2 rings (SSSR count). The lowest BCUT2D eigenvalue weighted by molar-refractivity contribution is 0.211. The molecule has 14 heavy (non-hydrogen) atoms. The molecule has 72 valence electrons. The predicted octanol–water partition coefficient (Wildman–Crippen LogP) is 1.80. The molecule has 0 aliphatic heterocycles. The Hall–Kier alpha value is -1.61. The van der Waals surface area contributed by atoms with Gasteiger partial charge in [0.25, 0.3) is 0 Å². The molecule has 0 saturated carbocycles. The number of H-pyrrole nitrogens is 1. The van der Waals surface area contributed by atoms with Gasteiger partial charge in [-0.25, -0.2) is 4.98 Å². The van der Waals surface area contributed by atoms with Crippen LogP contribution in [0.4, 0.5) is 0 Å². The summed E-state index contributed by atoms with van der Waals surface area (Å²) >= 11 is 0. The topological polar surface area (TPSA) is 48.9 Å². The van der Waals surface area contributed by atoms with E-state index in [0.29, 0.717) is 5.82 Å². The van der Waals surface area contributed by atoms with Crippen LogP contribution in [0.3, 0.4) is 0 Å². The molecule has 1 unspecified atom stereocenters. The number of aryl methyl sites for hydroxylation is 1. The molecule has 0 amide bonds. The molecular weight excluding hydrogens is 176 g/mol. The number of imidazole rings is 1. The van der Waals surface area contributed by atoms with Gasteiger partial charge in [-0.3, -0.25) is 0 Å². The number of nitrogens with one attached hydrogen (secondary N) is 1. The molecule has 0 aliphatic rings. The largest absolute Gasteiger partial charge is 0.380 e. The fraction of sp³-hybridized carbons (Fsp3) is 0.182. The van der Waals surface area contributed by atoms with E-state index in [1.165, 1.54) is 0 Å². The monoisotopic (exact) mass is 188 g/mol. The van der Waals surface area contributed by atoms with Gasteiger partial charge in [0.15, 0.2) is 0 Å². The Bertz CT molecular complexity index is 408. The molecule has 0 fully saturated rings. The Kier molecular flexibility index (Phi) is 2.33. The summed E-state index contributed by atoms with van der Waals surface area (Å²) in [6.07, 6.45) is 1.05. The third-order valence-electron chi connectivity index (χ3n) is 2.10. The highest BCUT2D eigenvalue weighted by molar-refractivity contribution is 5.22. The summed E-state index contributed by atoms with van der Waals surface area (Å²) in [4.78, 5) is 7.10. The van der Waals surface area contributed by atoms with Crippen LogP contribution in [0.5, 0.6) is 0 Å². The number of hydrogen-bond donors (Lipinski definition) is 2. The number of aliphatic hydroxyl groups is 1. The molecule has 1 aromatic carbocycles. The average Bonchev–Trinajstić information content (AvgIpc) is 2.65. The standard InChI is InChI=1S/C11H12N2O/c1-8-7-12-11(13-8)10(14)9-5-3-2-4-6-9/h2-7,10,14H,1H3,(H,12,13). The summed E-state index contributed by atoms with van der Waals surface area (Å²) in [6, 6.07) is 9.47. The first kappa shape index (κ1) is 8.97. The van der Waals surface area contributed by atoms with Crippen LogP contribution in [0.25, 0.3) is 0 Å². The number of benzene rings is 1. The van der Waals surface area contributed by atoms with Gasteiger partial charge in [0, 0.05) is 11.9 Å². The Labute approximate surface area is 82.4 Å². The van der Waals surface area contributed by atoms with Crippen molar-refractivity contribution in [1.29, 1.82) is 0 Å². The Morgan fingerprint density at radius 1 is 1.29 bits per heavy atom. The predicted molar refractivity (Wildman–Crippen MR) is 53.8 cm³/mol. The number of aromatic nitrogens is 2.